The number of likely N-dealkylation sites (N-methyl/N-ethyl adjacent to an activating group) is 1. The van der Waals surface area contributed by atoms with Crippen molar-refractivity contribution < 1.29 is 0 Å². The number of piperazine rings is 1. The van der Waals surface area contributed by atoms with Gasteiger partial charge in [0.25, 0.3) is 0 Å². The molecule has 0 bridgehead atoms. The molecule has 1 atom stereocenters. The van der Waals surface area contributed by atoms with Crippen LogP contribution < -0.4 is 5.32 Å². The van der Waals surface area contributed by atoms with Gasteiger partial charge in [0.15, 0.2) is 0 Å². The van der Waals surface area contributed by atoms with Crippen molar-refractivity contribution in [3.05, 3.63) is 70.9 Å². The molecule has 3 aromatic rings. The minimum Gasteiger partial charge on any atom is -0.311 e. The SMILES string of the molecule is CN1CCN([C@H](CNCc2ccc(-n3ccnc3)cc2)c2cccs2)CC1. The zero-order valence-corrected chi connectivity index (χ0v) is 16.6. The number of thiophene rings is 1. The van der Waals surface area contributed by atoms with Crippen molar-refractivity contribution >= 4 is 11.3 Å². The van der Waals surface area contributed by atoms with Gasteiger partial charge in [-0.05, 0) is 36.2 Å². The monoisotopic (exact) mass is 381 g/mol. The molecule has 1 saturated heterocycles. The highest BCUT2D eigenvalue weighted by atomic mass is 32.1. The number of aromatic nitrogens is 2. The van der Waals surface area contributed by atoms with Crippen molar-refractivity contribution in [3.8, 4) is 5.69 Å². The molecule has 0 aliphatic carbocycles. The summed E-state index contributed by atoms with van der Waals surface area (Å²) >= 11 is 1.87. The Hall–Kier alpha value is -1.99. The van der Waals surface area contributed by atoms with E-state index in [0.29, 0.717) is 6.04 Å². The Morgan fingerprint density at radius 2 is 1.93 bits per heavy atom. The summed E-state index contributed by atoms with van der Waals surface area (Å²) < 4.78 is 2.03. The maximum absolute atomic E-state index is 4.11. The van der Waals surface area contributed by atoms with Crippen LogP contribution in [0.4, 0.5) is 0 Å². The van der Waals surface area contributed by atoms with Crippen LogP contribution in [0.25, 0.3) is 5.69 Å². The molecule has 0 saturated carbocycles. The first-order valence-corrected chi connectivity index (χ1v) is 10.4. The maximum Gasteiger partial charge on any atom is 0.0991 e. The molecule has 142 valence electrons. The summed E-state index contributed by atoms with van der Waals surface area (Å²) in [6.07, 6.45) is 5.60. The van der Waals surface area contributed by atoms with E-state index >= 15 is 0 Å². The van der Waals surface area contributed by atoms with Gasteiger partial charge in [-0.25, -0.2) is 4.98 Å². The van der Waals surface area contributed by atoms with Gasteiger partial charge in [0, 0.05) is 62.2 Å². The van der Waals surface area contributed by atoms with Crippen molar-refractivity contribution in [2.24, 2.45) is 0 Å². The molecule has 0 spiro atoms. The lowest BCUT2D eigenvalue weighted by Crippen LogP contribution is -2.47. The second-order valence-corrected chi connectivity index (χ2v) is 8.12. The van der Waals surface area contributed by atoms with Crippen molar-refractivity contribution in [3.63, 3.8) is 0 Å². The van der Waals surface area contributed by atoms with Crippen LogP contribution in [-0.2, 0) is 6.54 Å². The lowest BCUT2D eigenvalue weighted by molar-refractivity contribution is 0.111. The standard InChI is InChI=1S/C21H27N5S/c1-24-10-12-25(13-11-24)20(21-3-2-14-27-21)16-23-15-18-4-6-19(7-5-18)26-9-8-22-17-26/h2-9,14,17,20,23H,10-13,15-16H2,1H3/t20-/m1/s1. The lowest BCUT2D eigenvalue weighted by Gasteiger charge is -2.37. The van der Waals surface area contributed by atoms with Gasteiger partial charge < -0.3 is 14.8 Å². The van der Waals surface area contributed by atoms with Gasteiger partial charge in [-0.2, -0.15) is 0 Å². The molecule has 0 unspecified atom stereocenters. The fourth-order valence-electron chi connectivity index (χ4n) is 3.58. The van der Waals surface area contributed by atoms with Crippen LogP contribution in [0.5, 0.6) is 0 Å². The van der Waals surface area contributed by atoms with Crippen LogP contribution in [0, 0.1) is 0 Å². The second kappa shape index (κ2) is 8.80. The Morgan fingerprint density at radius 1 is 1.11 bits per heavy atom. The summed E-state index contributed by atoms with van der Waals surface area (Å²) in [5.74, 6) is 0. The third-order valence-corrected chi connectivity index (χ3v) is 6.23. The molecule has 6 heteroatoms. The van der Waals surface area contributed by atoms with Gasteiger partial charge in [-0.3, -0.25) is 4.90 Å². The third-order valence-electron chi connectivity index (χ3n) is 5.26. The van der Waals surface area contributed by atoms with Crippen LogP contribution in [0.1, 0.15) is 16.5 Å². The Kier molecular flexibility index (Phi) is 5.99. The van der Waals surface area contributed by atoms with E-state index in [4.69, 9.17) is 0 Å². The van der Waals surface area contributed by atoms with Crippen molar-refractivity contribution in [2.45, 2.75) is 12.6 Å². The molecule has 1 fully saturated rings. The van der Waals surface area contributed by atoms with E-state index in [0.717, 1.165) is 45.0 Å². The summed E-state index contributed by atoms with van der Waals surface area (Å²) in [6, 6.07) is 13.6. The molecule has 2 aromatic heterocycles. The molecule has 0 radical (unpaired) electrons. The summed E-state index contributed by atoms with van der Waals surface area (Å²) in [7, 11) is 2.21. The van der Waals surface area contributed by atoms with Crippen LogP contribution in [0.3, 0.4) is 0 Å². The van der Waals surface area contributed by atoms with Crippen molar-refractivity contribution in [1.29, 1.82) is 0 Å². The number of benzene rings is 1. The summed E-state index contributed by atoms with van der Waals surface area (Å²) in [5, 5.41) is 5.87. The molecule has 3 heterocycles. The van der Waals surface area contributed by atoms with Crippen LogP contribution in [-0.4, -0.2) is 59.1 Å². The van der Waals surface area contributed by atoms with E-state index in [1.54, 1.807) is 6.20 Å². The first-order chi connectivity index (χ1) is 13.3. The molecule has 27 heavy (non-hydrogen) atoms. The molecule has 1 aromatic carbocycles. The third kappa shape index (κ3) is 4.65. The number of hydrogen-bond donors (Lipinski definition) is 1. The Balaban J connectivity index is 1.35. The fourth-order valence-corrected chi connectivity index (χ4v) is 4.44. The zero-order valence-electron chi connectivity index (χ0n) is 15.8. The number of nitrogens with one attached hydrogen (secondary N) is 1. The molecular formula is C21H27N5S. The highest BCUT2D eigenvalue weighted by Gasteiger charge is 2.24. The molecule has 1 aliphatic heterocycles. The van der Waals surface area contributed by atoms with Crippen molar-refractivity contribution in [1.82, 2.24) is 24.7 Å². The quantitative estimate of drug-likeness (QED) is 0.683. The van der Waals surface area contributed by atoms with E-state index in [-0.39, 0.29) is 0 Å². The number of hydrogen-bond acceptors (Lipinski definition) is 5. The van der Waals surface area contributed by atoms with Gasteiger partial charge in [-0.1, -0.05) is 18.2 Å². The minimum atomic E-state index is 0.462. The molecule has 5 nitrogen and oxygen atoms in total. The van der Waals surface area contributed by atoms with Gasteiger partial charge in [0.2, 0.25) is 0 Å². The van der Waals surface area contributed by atoms with E-state index in [1.165, 1.54) is 10.4 Å². The molecular weight excluding hydrogens is 354 g/mol. The number of nitrogens with zero attached hydrogens (tertiary/aromatic N) is 4. The Labute approximate surface area is 165 Å². The lowest BCUT2D eigenvalue weighted by atomic mass is 10.1. The predicted octanol–water partition coefficient (Wildman–Crippen LogP) is 3.01. The van der Waals surface area contributed by atoms with Crippen LogP contribution in [0.15, 0.2) is 60.5 Å². The number of rotatable bonds is 7. The smallest absolute Gasteiger partial charge is 0.0991 e. The van der Waals surface area contributed by atoms with E-state index in [1.807, 2.05) is 28.4 Å². The highest BCUT2D eigenvalue weighted by Crippen LogP contribution is 2.25. The average molecular weight is 382 g/mol. The molecule has 0 amide bonds. The summed E-state index contributed by atoms with van der Waals surface area (Å²) in [4.78, 5) is 10.6. The fraction of sp³-hybridized carbons (Fsp3) is 0.381. The van der Waals surface area contributed by atoms with Crippen LogP contribution >= 0.6 is 11.3 Å². The Bertz CT molecular complexity index is 790. The molecule has 4 rings (SSSR count). The topological polar surface area (TPSA) is 36.3 Å². The maximum atomic E-state index is 4.11. The second-order valence-electron chi connectivity index (χ2n) is 7.14. The first-order valence-electron chi connectivity index (χ1n) is 9.53. The number of imidazole rings is 1. The largest absolute Gasteiger partial charge is 0.311 e. The van der Waals surface area contributed by atoms with Crippen LogP contribution in [0.2, 0.25) is 0 Å². The summed E-state index contributed by atoms with van der Waals surface area (Å²) in [5.41, 5.74) is 2.45. The van der Waals surface area contributed by atoms with E-state index in [9.17, 15) is 0 Å². The zero-order chi connectivity index (χ0) is 18.5. The average Bonchev–Trinajstić information content (AvgIpc) is 3.41. The van der Waals surface area contributed by atoms with Gasteiger partial charge in [0.1, 0.15) is 0 Å². The predicted molar refractivity (Wildman–Crippen MR) is 111 cm³/mol. The Morgan fingerprint density at radius 3 is 2.59 bits per heavy atom. The van der Waals surface area contributed by atoms with Gasteiger partial charge >= 0.3 is 0 Å². The van der Waals surface area contributed by atoms with Gasteiger partial charge in [0.05, 0.1) is 12.4 Å². The van der Waals surface area contributed by atoms with Crippen molar-refractivity contribution in [2.75, 3.05) is 39.8 Å². The molecule has 1 aliphatic rings. The van der Waals surface area contributed by atoms with E-state index in [2.05, 4.69) is 68.9 Å². The van der Waals surface area contributed by atoms with E-state index < -0.39 is 0 Å². The minimum absolute atomic E-state index is 0.462. The highest BCUT2D eigenvalue weighted by molar-refractivity contribution is 7.10. The van der Waals surface area contributed by atoms with Gasteiger partial charge in [-0.15, -0.1) is 11.3 Å². The molecule has 1 N–H and O–H groups in total. The summed E-state index contributed by atoms with van der Waals surface area (Å²) in [6.45, 7) is 6.45. The first kappa shape index (κ1) is 18.4. The normalized spacial score (nSPS) is 17.2.